The number of aliphatic hydroxyl groups excluding tert-OH is 1. The first-order valence-electron chi connectivity index (χ1n) is 10.1. The summed E-state index contributed by atoms with van der Waals surface area (Å²) < 4.78 is 56.7. The molecule has 0 saturated carbocycles. The van der Waals surface area contributed by atoms with E-state index in [1.54, 1.807) is 24.6 Å². The number of aryl methyl sites for hydroxylation is 1. The van der Waals surface area contributed by atoms with E-state index >= 15 is 0 Å². The van der Waals surface area contributed by atoms with Crippen molar-refractivity contribution in [3.8, 4) is 0 Å². The first-order chi connectivity index (χ1) is 15.0. The molecule has 10 nitrogen and oxygen atoms in total. The quantitative estimate of drug-likeness (QED) is 0.546. The lowest BCUT2D eigenvalue weighted by Gasteiger charge is -2.24. The summed E-state index contributed by atoms with van der Waals surface area (Å²) in [5.41, 5.74) is 7.21. The highest BCUT2D eigenvalue weighted by Gasteiger charge is 2.56. The fourth-order valence-electron chi connectivity index (χ4n) is 4.18. The van der Waals surface area contributed by atoms with Crippen LogP contribution in [0.5, 0.6) is 0 Å². The highest BCUT2D eigenvalue weighted by atomic mass is 19.4. The minimum absolute atomic E-state index is 0.166. The molecule has 13 heteroatoms. The van der Waals surface area contributed by atoms with Gasteiger partial charge in [0.1, 0.15) is 36.1 Å². The Labute approximate surface area is 180 Å². The number of rotatable bonds is 6. The van der Waals surface area contributed by atoms with Crippen molar-refractivity contribution in [1.29, 1.82) is 0 Å². The molecule has 2 aromatic heterocycles. The van der Waals surface area contributed by atoms with Gasteiger partial charge in [-0.3, -0.25) is 4.79 Å². The molecule has 4 heterocycles. The highest BCUT2D eigenvalue weighted by Crippen LogP contribution is 2.44. The van der Waals surface area contributed by atoms with Crippen molar-refractivity contribution in [3.05, 3.63) is 18.1 Å². The van der Waals surface area contributed by atoms with E-state index in [1.807, 2.05) is 5.32 Å². The molecule has 0 aromatic carbocycles. The fraction of sp³-hybridized carbons (Fsp3) is 0.632. The molecule has 4 atom stereocenters. The number of aliphatic hydroxyl groups is 1. The molecule has 2 fully saturated rings. The minimum Gasteiger partial charge on any atom is -0.394 e. The zero-order chi connectivity index (χ0) is 23.3. The Bertz CT molecular complexity index is 1010. The van der Waals surface area contributed by atoms with Gasteiger partial charge in [-0.05, 0) is 32.3 Å². The van der Waals surface area contributed by atoms with Gasteiger partial charge in [-0.2, -0.15) is 13.2 Å². The average molecular weight is 459 g/mol. The summed E-state index contributed by atoms with van der Waals surface area (Å²) in [5.74, 6) is -2.63. The Hall–Kier alpha value is -2.48. The van der Waals surface area contributed by atoms with Gasteiger partial charge in [0.2, 0.25) is 0 Å². The van der Waals surface area contributed by atoms with Crippen LogP contribution in [0.2, 0.25) is 0 Å². The molecule has 2 saturated heterocycles. The molecule has 0 aliphatic carbocycles. The number of anilines is 1. The van der Waals surface area contributed by atoms with E-state index in [2.05, 4.69) is 9.97 Å². The van der Waals surface area contributed by atoms with Gasteiger partial charge < -0.3 is 34.9 Å². The van der Waals surface area contributed by atoms with Crippen LogP contribution in [0.1, 0.15) is 32.1 Å². The van der Waals surface area contributed by atoms with Crippen LogP contribution in [0.4, 0.5) is 19.0 Å². The van der Waals surface area contributed by atoms with Crippen LogP contribution in [-0.4, -0.2) is 69.0 Å². The van der Waals surface area contributed by atoms with Crippen molar-refractivity contribution >= 4 is 22.8 Å². The molecular weight excluding hydrogens is 435 g/mol. The standard InChI is InChI=1S/C19H24F3N5O5/c1-18(2)31-12-10(7-28)30-16(13(12)32-18)27-6-9(11-14(23)25-8-26-15(11)27)4-3-5-24-17(29)19(20,21)22/h6,8,10,12-13,16,28H,3-5,7H2,1-2H3,(H,24,29)(H2,23,25,26)/t10-,12?,13?,16-/m1/s1. The van der Waals surface area contributed by atoms with Crippen LogP contribution in [0.3, 0.4) is 0 Å². The van der Waals surface area contributed by atoms with Crippen LogP contribution in [0.25, 0.3) is 11.0 Å². The predicted octanol–water partition coefficient (Wildman–Crippen LogP) is 1.03. The number of nitrogen functional groups attached to an aromatic ring is 1. The van der Waals surface area contributed by atoms with Gasteiger partial charge in [0, 0.05) is 12.7 Å². The van der Waals surface area contributed by atoms with Gasteiger partial charge in [0.05, 0.1) is 12.0 Å². The molecule has 4 N–H and O–H groups in total. The van der Waals surface area contributed by atoms with E-state index in [0.29, 0.717) is 23.0 Å². The number of halogens is 3. The summed E-state index contributed by atoms with van der Waals surface area (Å²) in [4.78, 5) is 19.3. The van der Waals surface area contributed by atoms with Gasteiger partial charge >= 0.3 is 12.1 Å². The van der Waals surface area contributed by atoms with Crippen molar-refractivity contribution < 1.29 is 37.3 Å². The number of amides is 1. The molecule has 32 heavy (non-hydrogen) atoms. The van der Waals surface area contributed by atoms with Crippen LogP contribution in [0, 0.1) is 0 Å². The van der Waals surface area contributed by atoms with Crippen molar-refractivity contribution in [1.82, 2.24) is 19.9 Å². The molecule has 2 aromatic rings. The van der Waals surface area contributed by atoms with Crippen LogP contribution in [-0.2, 0) is 25.4 Å². The number of carbonyl (C=O) groups excluding carboxylic acids is 1. The maximum absolute atomic E-state index is 12.4. The maximum Gasteiger partial charge on any atom is 0.471 e. The molecule has 4 rings (SSSR count). The lowest BCUT2D eigenvalue weighted by atomic mass is 10.1. The van der Waals surface area contributed by atoms with E-state index < -0.39 is 42.4 Å². The van der Waals surface area contributed by atoms with Crippen LogP contribution >= 0.6 is 0 Å². The molecule has 0 spiro atoms. The number of fused-ring (bicyclic) bond motifs is 2. The van der Waals surface area contributed by atoms with Crippen molar-refractivity contribution in [2.45, 2.75) is 63.2 Å². The van der Waals surface area contributed by atoms with E-state index in [4.69, 9.17) is 19.9 Å². The van der Waals surface area contributed by atoms with Gasteiger partial charge in [0.25, 0.3) is 0 Å². The number of aromatic nitrogens is 3. The molecular formula is C19H24F3N5O5. The number of nitrogens with zero attached hydrogens (tertiary/aromatic N) is 3. The molecule has 0 radical (unpaired) electrons. The van der Waals surface area contributed by atoms with Crippen LogP contribution < -0.4 is 11.1 Å². The number of carbonyl (C=O) groups is 1. The second-order valence-corrected chi connectivity index (χ2v) is 8.19. The highest BCUT2D eigenvalue weighted by molar-refractivity contribution is 5.90. The Morgan fingerprint density at radius 3 is 2.72 bits per heavy atom. The SMILES string of the molecule is CC1(C)OC2C(O1)[C@@H](CO)O[C@H]2n1cc(CCCNC(=O)C(F)(F)F)c2c(N)ncnc21. The monoisotopic (exact) mass is 459 g/mol. The Morgan fingerprint density at radius 2 is 2.03 bits per heavy atom. The third kappa shape index (κ3) is 4.12. The van der Waals surface area contributed by atoms with E-state index in [9.17, 15) is 23.1 Å². The second kappa shape index (κ2) is 8.14. The molecule has 0 bridgehead atoms. The summed E-state index contributed by atoms with van der Waals surface area (Å²) in [5, 5.41) is 12.1. The van der Waals surface area contributed by atoms with Gasteiger partial charge in [-0.25, -0.2) is 9.97 Å². The third-order valence-electron chi connectivity index (χ3n) is 5.46. The van der Waals surface area contributed by atoms with Gasteiger partial charge in [0.15, 0.2) is 12.0 Å². The topological polar surface area (TPSA) is 134 Å². The first kappa shape index (κ1) is 22.7. The molecule has 176 valence electrons. The number of ether oxygens (including phenoxy) is 3. The molecule has 2 unspecified atom stereocenters. The largest absolute Gasteiger partial charge is 0.471 e. The number of nitrogens with two attached hydrogens (primary N) is 1. The molecule has 2 aliphatic heterocycles. The minimum atomic E-state index is -4.93. The third-order valence-corrected chi connectivity index (χ3v) is 5.46. The normalized spacial score (nSPS) is 27.1. The zero-order valence-electron chi connectivity index (χ0n) is 17.4. The Morgan fingerprint density at radius 1 is 1.31 bits per heavy atom. The summed E-state index contributed by atoms with van der Waals surface area (Å²) in [6.45, 7) is 3.11. The number of alkyl halides is 3. The Kier molecular flexibility index (Phi) is 5.77. The summed E-state index contributed by atoms with van der Waals surface area (Å²) in [7, 11) is 0. The lowest BCUT2D eigenvalue weighted by Crippen LogP contribution is -2.37. The smallest absolute Gasteiger partial charge is 0.394 e. The van der Waals surface area contributed by atoms with Gasteiger partial charge in [-0.15, -0.1) is 0 Å². The van der Waals surface area contributed by atoms with Gasteiger partial charge in [-0.1, -0.05) is 0 Å². The van der Waals surface area contributed by atoms with Crippen molar-refractivity contribution in [2.75, 3.05) is 18.9 Å². The predicted molar refractivity (Wildman–Crippen MR) is 104 cm³/mol. The number of nitrogens with one attached hydrogen (secondary N) is 1. The molecule has 2 aliphatic rings. The molecule has 1 amide bonds. The van der Waals surface area contributed by atoms with E-state index in [0.717, 1.165) is 0 Å². The van der Waals surface area contributed by atoms with Crippen molar-refractivity contribution in [3.63, 3.8) is 0 Å². The zero-order valence-corrected chi connectivity index (χ0v) is 17.4. The summed E-state index contributed by atoms with van der Waals surface area (Å²) >= 11 is 0. The maximum atomic E-state index is 12.4. The Balaban J connectivity index is 1.59. The van der Waals surface area contributed by atoms with Crippen LogP contribution in [0.15, 0.2) is 12.5 Å². The average Bonchev–Trinajstić information content (AvgIpc) is 3.33. The first-order valence-corrected chi connectivity index (χ1v) is 10.1. The second-order valence-electron chi connectivity index (χ2n) is 8.19. The van der Waals surface area contributed by atoms with E-state index in [-0.39, 0.29) is 25.4 Å². The summed E-state index contributed by atoms with van der Waals surface area (Å²) in [6.07, 6.45) is -3.63. The number of hydrogen-bond donors (Lipinski definition) is 3. The lowest BCUT2D eigenvalue weighted by molar-refractivity contribution is -0.199. The van der Waals surface area contributed by atoms with E-state index in [1.165, 1.54) is 6.33 Å². The number of hydrogen-bond acceptors (Lipinski definition) is 8. The fourth-order valence-corrected chi connectivity index (χ4v) is 4.18. The summed E-state index contributed by atoms with van der Waals surface area (Å²) in [6, 6.07) is 0. The van der Waals surface area contributed by atoms with Crippen molar-refractivity contribution in [2.24, 2.45) is 0 Å².